The monoisotopic (exact) mass is 372 g/mol. The van der Waals surface area contributed by atoms with Crippen molar-refractivity contribution in [2.75, 3.05) is 37.0 Å². The zero-order chi connectivity index (χ0) is 16.4. The van der Waals surface area contributed by atoms with Crippen molar-refractivity contribution < 1.29 is 4.74 Å². The molecule has 2 heterocycles. The first-order chi connectivity index (χ1) is 11.1. The molecule has 1 unspecified atom stereocenters. The topological polar surface area (TPSA) is 50.3 Å². The van der Waals surface area contributed by atoms with E-state index < -0.39 is 0 Å². The largest absolute Gasteiger partial charge is 0.383 e. The Morgan fingerprint density at radius 2 is 2.04 bits per heavy atom. The second-order valence-electron chi connectivity index (χ2n) is 5.09. The highest BCUT2D eigenvalue weighted by molar-refractivity contribution is 6.42. The second-order valence-corrected chi connectivity index (χ2v) is 6.26. The van der Waals surface area contributed by atoms with Crippen LogP contribution in [0.5, 0.6) is 0 Å². The van der Waals surface area contributed by atoms with Crippen LogP contribution >= 0.6 is 34.8 Å². The Balaban J connectivity index is 1.86. The van der Waals surface area contributed by atoms with Crippen LogP contribution in [-0.4, -0.2) is 36.7 Å². The van der Waals surface area contributed by atoms with Gasteiger partial charge in [0.15, 0.2) is 11.0 Å². The highest BCUT2D eigenvalue weighted by Crippen LogP contribution is 2.33. The van der Waals surface area contributed by atoms with E-state index in [2.05, 4.69) is 20.2 Å². The fraction of sp³-hybridized carbons (Fsp3) is 0.333. The van der Waals surface area contributed by atoms with Crippen LogP contribution in [0, 0.1) is 0 Å². The number of benzene rings is 1. The molecule has 3 rings (SSSR count). The Morgan fingerprint density at radius 1 is 1.22 bits per heavy atom. The maximum absolute atomic E-state index is 6.14. The fourth-order valence-corrected chi connectivity index (χ4v) is 3.10. The molecule has 2 aromatic rings. The van der Waals surface area contributed by atoms with E-state index in [1.807, 2.05) is 12.1 Å². The molecule has 1 N–H and O–H groups in total. The molecule has 1 aliphatic rings. The van der Waals surface area contributed by atoms with Crippen LogP contribution in [0.2, 0.25) is 15.2 Å². The zero-order valence-corrected chi connectivity index (χ0v) is 14.7. The van der Waals surface area contributed by atoms with E-state index in [0.717, 1.165) is 17.9 Å². The zero-order valence-electron chi connectivity index (χ0n) is 12.4. The summed E-state index contributed by atoms with van der Waals surface area (Å²) in [5.41, 5.74) is 1.69. The summed E-state index contributed by atoms with van der Waals surface area (Å²) in [6.07, 6.45) is 1.35. The van der Waals surface area contributed by atoms with Crippen LogP contribution in [0.4, 0.5) is 11.5 Å². The molecule has 0 amide bonds. The van der Waals surface area contributed by atoms with Crippen molar-refractivity contribution in [3.63, 3.8) is 0 Å². The van der Waals surface area contributed by atoms with Gasteiger partial charge in [-0.2, -0.15) is 0 Å². The summed E-state index contributed by atoms with van der Waals surface area (Å²) in [6.45, 7) is 1.94. The first-order valence-electron chi connectivity index (χ1n) is 7.10. The summed E-state index contributed by atoms with van der Waals surface area (Å²) >= 11 is 18.2. The van der Waals surface area contributed by atoms with Crippen molar-refractivity contribution >= 4 is 46.3 Å². The van der Waals surface area contributed by atoms with Gasteiger partial charge in [-0.25, -0.2) is 9.97 Å². The van der Waals surface area contributed by atoms with Gasteiger partial charge < -0.3 is 15.0 Å². The van der Waals surface area contributed by atoms with E-state index in [1.165, 1.54) is 6.33 Å². The van der Waals surface area contributed by atoms with Crippen molar-refractivity contribution in [2.24, 2.45) is 0 Å². The van der Waals surface area contributed by atoms with Gasteiger partial charge in [0.05, 0.1) is 16.7 Å². The van der Waals surface area contributed by atoms with Crippen LogP contribution in [-0.2, 0) is 4.74 Å². The normalized spacial score (nSPS) is 18.1. The van der Waals surface area contributed by atoms with E-state index in [-0.39, 0.29) is 6.10 Å². The van der Waals surface area contributed by atoms with Crippen LogP contribution in [0.1, 0.15) is 11.7 Å². The summed E-state index contributed by atoms with van der Waals surface area (Å²) < 4.78 is 5.87. The minimum Gasteiger partial charge on any atom is -0.383 e. The van der Waals surface area contributed by atoms with Gasteiger partial charge in [-0.1, -0.05) is 40.9 Å². The van der Waals surface area contributed by atoms with Crippen LogP contribution in [0.25, 0.3) is 0 Å². The fourth-order valence-electron chi connectivity index (χ4n) is 2.57. The molecule has 1 aliphatic heterocycles. The molecule has 0 aliphatic carbocycles. The maximum atomic E-state index is 6.14. The summed E-state index contributed by atoms with van der Waals surface area (Å²) in [5.74, 6) is 0.765. The highest BCUT2D eigenvalue weighted by atomic mass is 35.5. The van der Waals surface area contributed by atoms with Gasteiger partial charge in [-0.3, -0.25) is 0 Å². The molecule has 0 spiro atoms. The SMILES string of the molecule is CNc1c(Cl)ncnc1N1CCOC(c2ccc(Cl)c(Cl)c2)C1. The van der Waals surface area contributed by atoms with Crippen molar-refractivity contribution in [2.45, 2.75) is 6.10 Å². The molecular weight excluding hydrogens is 359 g/mol. The van der Waals surface area contributed by atoms with Crippen LogP contribution in [0.3, 0.4) is 0 Å². The molecule has 0 saturated carbocycles. The Hall–Kier alpha value is -1.27. The number of hydrogen-bond donors (Lipinski definition) is 1. The Morgan fingerprint density at radius 3 is 2.78 bits per heavy atom. The molecule has 122 valence electrons. The molecule has 8 heteroatoms. The lowest BCUT2D eigenvalue weighted by Gasteiger charge is -2.34. The number of nitrogens with one attached hydrogen (secondary N) is 1. The van der Waals surface area contributed by atoms with Gasteiger partial charge in [0, 0.05) is 20.1 Å². The Labute approximate surface area is 149 Å². The predicted molar refractivity (Wildman–Crippen MR) is 94.0 cm³/mol. The first kappa shape index (κ1) is 16.6. The van der Waals surface area contributed by atoms with Crippen molar-refractivity contribution in [1.29, 1.82) is 0 Å². The van der Waals surface area contributed by atoms with Crippen LogP contribution < -0.4 is 10.2 Å². The summed E-state index contributed by atoms with van der Waals surface area (Å²) in [7, 11) is 1.80. The van der Waals surface area contributed by atoms with E-state index in [0.29, 0.717) is 34.0 Å². The lowest BCUT2D eigenvalue weighted by molar-refractivity contribution is 0.0396. The number of nitrogens with zero attached hydrogens (tertiary/aromatic N) is 3. The molecule has 0 radical (unpaired) electrons. The maximum Gasteiger partial charge on any atom is 0.157 e. The van der Waals surface area contributed by atoms with E-state index in [4.69, 9.17) is 39.5 Å². The number of ether oxygens (including phenoxy) is 1. The molecule has 0 bridgehead atoms. The number of hydrogen-bond acceptors (Lipinski definition) is 5. The van der Waals surface area contributed by atoms with Crippen molar-refractivity contribution in [3.8, 4) is 0 Å². The third-order valence-corrected chi connectivity index (χ3v) is 4.74. The summed E-state index contributed by atoms with van der Waals surface area (Å²) in [6, 6.07) is 5.54. The summed E-state index contributed by atoms with van der Waals surface area (Å²) in [5, 5.41) is 4.50. The summed E-state index contributed by atoms with van der Waals surface area (Å²) in [4.78, 5) is 10.5. The van der Waals surface area contributed by atoms with E-state index >= 15 is 0 Å². The molecule has 1 aromatic carbocycles. The minimum absolute atomic E-state index is 0.114. The van der Waals surface area contributed by atoms with Crippen LogP contribution in [0.15, 0.2) is 24.5 Å². The Kier molecular flexibility index (Phi) is 5.11. The van der Waals surface area contributed by atoms with Gasteiger partial charge in [-0.15, -0.1) is 0 Å². The van der Waals surface area contributed by atoms with E-state index in [1.54, 1.807) is 13.1 Å². The quantitative estimate of drug-likeness (QED) is 0.822. The van der Waals surface area contributed by atoms with Gasteiger partial charge in [0.1, 0.15) is 18.1 Å². The average Bonchev–Trinajstić information content (AvgIpc) is 2.57. The average molecular weight is 374 g/mol. The molecular formula is C15H15Cl3N4O. The number of halogens is 3. The second kappa shape index (κ2) is 7.09. The van der Waals surface area contributed by atoms with Gasteiger partial charge in [0.2, 0.25) is 0 Å². The third-order valence-electron chi connectivity index (χ3n) is 3.71. The van der Waals surface area contributed by atoms with Crippen molar-refractivity contribution in [3.05, 3.63) is 45.3 Å². The first-order valence-corrected chi connectivity index (χ1v) is 8.23. The molecule has 1 atom stereocenters. The molecule has 5 nitrogen and oxygen atoms in total. The van der Waals surface area contributed by atoms with Gasteiger partial charge in [-0.05, 0) is 17.7 Å². The number of aromatic nitrogens is 2. The molecule has 1 fully saturated rings. The number of anilines is 2. The van der Waals surface area contributed by atoms with Gasteiger partial charge in [0.25, 0.3) is 0 Å². The van der Waals surface area contributed by atoms with E-state index in [9.17, 15) is 0 Å². The number of morpholine rings is 1. The standard InChI is InChI=1S/C15H15Cl3N4O/c1-19-13-14(18)20-8-21-15(13)22-4-5-23-12(7-22)9-2-3-10(16)11(17)6-9/h2-3,6,8,12,19H,4-5,7H2,1H3. The van der Waals surface area contributed by atoms with Crippen molar-refractivity contribution in [1.82, 2.24) is 9.97 Å². The lowest BCUT2D eigenvalue weighted by Crippen LogP contribution is -2.39. The highest BCUT2D eigenvalue weighted by Gasteiger charge is 2.25. The molecule has 1 aromatic heterocycles. The predicted octanol–water partition coefficient (Wildman–Crippen LogP) is 4.06. The van der Waals surface area contributed by atoms with Gasteiger partial charge >= 0.3 is 0 Å². The minimum atomic E-state index is -0.114. The lowest BCUT2D eigenvalue weighted by atomic mass is 10.1. The number of rotatable bonds is 3. The smallest absolute Gasteiger partial charge is 0.157 e. The molecule has 1 saturated heterocycles. The molecule has 23 heavy (non-hydrogen) atoms. The Bertz CT molecular complexity index is 713. The third kappa shape index (κ3) is 3.48.